The van der Waals surface area contributed by atoms with E-state index in [1.165, 1.54) is 18.5 Å². The molecule has 1 unspecified atom stereocenters. The number of anilines is 3. The number of nitrogens with zero attached hydrogens (tertiary/aromatic N) is 4. The Morgan fingerprint density at radius 2 is 1.77 bits per heavy atom. The lowest BCUT2D eigenvalue weighted by molar-refractivity contribution is -0.141. The molecule has 0 saturated heterocycles. The van der Waals surface area contributed by atoms with Crippen molar-refractivity contribution in [1.29, 1.82) is 0 Å². The van der Waals surface area contributed by atoms with Gasteiger partial charge in [-0.25, -0.2) is 14.4 Å². The van der Waals surface area contributed by atoms with E-state index in [0.717, 1.165) is 11.6 Å². The molecule has 0 spiro atoms. The van der Waals surface area contributed by atoms with Gasteiger partial charge in [0.05, 0.1) is 6.04 Å². The van der Waals surface area contributed by atoms with Crippen molar-refractivity contribution < 1.29 is 17.6 Å². The van der Waals surface area contributed by atoms with Gasteiger partial charge in [-0.3, -0.25) is 5.10 Å². The lowest BCUT2D eigenvalue weighted by atomic mass is 10.1. The molecule has 3 aromatic rings. The third-order valence-electron chi connectivity index (χ3n) is 3.41. The van der Waals surface area contributed by atoms with E-state index in [1.54, 1.807) is 12.1 Å². The maximum Gasteiger partial charge on any atom is 0.432 e. The molecular formula is C15H13F4N7. The summed E-state index contributed by atoms with van der Waals surface area (Å²) in [6.07, 6.45) is -3.32. The molecule has 0 radical (unpaired) electrons. The average molecular weight is 367 g/mol. The van der Waals surface area contributed by atoms with Gasteiger partial charge < -0.3 is 10.6 Å². The Morgan fingerprint density at radius 3 is 2.42 bits per heavy atom. The summed E-state index contributed by atoms with van der Waals surface area (Å²) < 4.78 is 50.7. The van der Waals surface area contributed by atoms with Crippen molar-refractivity contribution in [2.75, 3.05) is 10.6 Å². The lowest BCUT2D eigenvalue weighted by Crippen LogP contribution is -2.11. The van der Waals surface area contributed by atoms with Crippen LogP contribution in [0, 0.1) is 5.82 Å². The zero-order valence-electron chi connectivity index (χ0n) is 13.3. The average Bonchev–Trinajstić information content (AvgIpc) is 3.04. The number of alkyl halides is 3. The van der Waals surface area contributed by atoms with Crippen LogP contribution in [0.5, 0.6) is 0 Å². The summed E-state index contributed by atoms with van der Waals surface area (Å²) in [5, 5.41) is 11.0. The highest BCUT2D eigenvalue weighted by Crippen LogP contribution is 2.29. The topological polar surface area (TPSA) is 91.4 Å². The Labute approximate surface area is 144 Å². The van der Waals surface area contributed by atoms with Crippen LogP contribution in [0.15, 0.2) is 36.7 Å². The molecule has 26 heavy (non-hydrogen) atoms. The molecule has 0 aliphatic rings. The minimum absolute atomic E-state index is 0.0223. The largest absolute Gasteiger partial charge is 0.432 e. The first-order chi connectivity index (χ1) is 12.3. The summed E-state index contributed by atoms with van der Waals surface area (Å²) in [5.41, 5.74) is -0.180. The number of halogens is 4. The van der Waals surface area contributed by atoms with Crippen LogP contribution in [0.25, 0.3) is 0 Å². The van der Waals surface area contributed by atoms with E-state index in [0.29, 0.717) is 0 Å². The second-order valence-corrected chi connectivity index (χ2v) is 5.34. The van der Waals surface area contributed by atoms with Crippen LogP contribution in [-0.2, 0) is 6.18 Å². The van der Waals surface area contributed by atoms with E-state index in [9.17, 15) is 17.6 Å². The highest BCUT2D eigenvalue weighted by Gasteiger charge is 2.33. The minimum Gasteiger partial charge on any atom is -0.348 e. The van der Waals surface area contributed by atoms with Crippen LogP contribution in [0.4, 0.5) is 35.3 Å². The van der Waals surface area contributed by atoms with Gasteiger partial charge in [0.2, 0.25) is 11.9 Å². The number of hydrogen-bond donors (Lipinski definition) is 3. The van der Waals surface area contributed by atoms with Crippen LogP contribution in [0.3, 0.4) is 0 Å². The van der Waals surface area contributed by atoms with Gasteiger partial charge >= 0.3 is 6.18 Å². The summed E-state index contributed by atoms with van der Waals surface area (Å²) >= 11 is 0. The maximum absolute atomic E-state index is 13.0. The summed E-state index contributed by atoms with van der Waals surface area (Å²) in [7, 11) is 0. The molecule has 0 aliphatic carbocycles. The van der Waals surface area contributed by atoms with Crippen LogP contribution in [-0.4, -0.2) is 25.1 Å². The molecule has 1 atom stereocenters. The number of H-pyrrole nitrogens is 1. The number of rotatable bonds is 5. The van der Waals surface area contributed by atoms with Crippen molar-refractivity contribution in [2.24, 2.45) is 0 Å². The van der Waals surface area contributed by atoms with E-state index in [2.05, 4.69) is 30.7 Å². The molecular weight excluding hydrogens is 354 g/mol. The third kappa shape index (κ3) is 4.23. The predicted octanol–water partition coefficient (Wildman–Crippen LogP) is 3.67. The summed E-state index contributed by atoms with van der Waals surface area (Å²) in [6.45, 7) is 1.83. The van der Waals surface area contributed by atoms with Gasteiger partial charge in [-0.2, -0.15) is 23.3 Å². The molecule has 0 fully saturated rings. The Bertz CT molecular complexity index is 876. The Balaban J connectivity index is 1.70. The zero-order chi connectivity index (χ0) is 18.7. The molecule has 3 N–H and O–H groups in total. The maximum atomic E-state index is 13.0. The fourth-order valence-electron chi connectivity index (χ4n) is 2.10. The minimum atomic E-state index is -4.52. The van der Waals surface area contributed by atoms with Gasteiger partial charge in [0.15, 0.2) is 5.82 Å². The Kier molecular flexibility index (Phi) is 4.69. The molecule has 7 nitrogen and oxygen atoms in total. The second-order valence-electron chi connectivity index (χ2n) is 5.34. The fourth-order valence-corrected chi connectivity index (χ4v) is 2.10. The number of hydrogen-bond acceptors (Lipinski definition) is 6. The smallest absolute Gasteiger partial charge is 0.348 e. The SMILES string of the molecule is CC(Nc1ncnc(Nc2cc(C(F)(F)F)[nH]n2)n1)c1ccc(F)cc1. The van der Waals surface area contributed by atoms with Gasteiger partial charge in [-0.1, -0.05) is 12.1 Å². The Hall–Kier alpha value is -3.24. The zero-order valence-corrected chi connectivity index (χ0v) is 13.3. The molecule has 2 aromatic heterocycles. The summed E-state index contributed by atoms with van der Waals surface area (Å²) in [4.78, 5) is 11.9. The lowest BCUT2D eigenvalue weighted by Gasteiger charge is -2.14. The number of aromatic amines is 1. The van der Waals surface area contributed by atoms with Crippen molar-refractivity contribution in [2.45, 2.75) is 19.1 Å². The van der Waals surface area contributed by atoms with Gasteiger partial charge in [0.1, 0.15) is 17.8 Å². The molecule has 0 amide bonds. The van der Waals surface area contributed by atoms with E-state index >= 15 is 0 Å². The van der Waals surface area contributed by atoms with Crippen LogP contribution in [0.2, 0.25) is 0 Å². The number of benzene rings is 1. The van der Waals surface area contributed by atoms with Crippen LogP contribution in [0.1, 0.15) is 24.2 Å². The van der Waals surface area contributed by atoms with Gasteiger partial charge in [0.25, 0.3) is 0 Å². The van der Waals surface area contributed by atoms with Crippen molar-refractivity contribution in [1.82, 2.24) is 25.1 Å². The first kappa shape index (κ1) is 17.6. The van der Waals surface area contributed by atoms with E-state index in [1.807, 2.05) is 12.0 Å². The van der Waals surface area contributed by atoms with Crippen molar-refractivity contribution in [3.05, 3.63) is 53.7 Å². The molecule has 136 valence electrons. The molecule has 11 heteroatoms. The predicted molar refractivity (Wildman–Crippen MR) is 85.1 cm³/mol. The first-order valence-electron chi connectivity index (χ1n) is 7.42. The number of nitrogens with one attached hydrogen (secondary N) is 3. The van der Waals surface area contributed by atoms with Gasteiger partial charge in [-0.05, 0) is 24.6 Å². The van der Waals surface area contributed by atoms with Crippen molar-refractivity contribution >= 4 is 17.7 Å². The fraction of sp³-hybridized carbons (Fsp3) is 0.200. The summed E-state index contributed by atoms with van der Waals surface area (Å²) in [6, 6.07) is 6.49. The molecule has 0 saturated carbocycles. The summed E-state index contributed by atoms with van der Waals surface area (Å²) in [5.74, 6) is -0.203. The van der Waals surface area contributed by atoms with E-state index in [4.69, 9.17) is 0 Å². The van der Waals surface area contributed by atoms with E-state index < -0.39 is 11.9 Å². The van der Waals surface area contributed by atoms with Gasteiger partial charge in [0, 0.05) is 6.07 Å². The number of aromatic nitrogens is 5. The second kappa shape index (κ2) is 6.94. The molecule has 3 rings (SSSR count). The third-order valence-corrected chi connectivity index (χ3v) is 3.41. The van der Waals surface area contributed by atoms with Gasteiger partial charge in [-0.15, -0.1) is 0 Å². The molecule has 2 heterocycles. The first-order valence-corrected chi connectivity index (χ1v) is 7.42. The van der Waals surface area contributed by atoms with Crippen LogP contribution < -0.4 is 10.6 Å². The molecule has 1 aromatic carbocycles. The Morgan fingerprint density at radius 1 is 1.08 bits per heavy atom. The standard InChI is InChI=1S/C15H13F4N7/c1-8(9-2-4-10(16)5-3-9)22-13-20-7-21-14(24-13)23-12-6-11(25-26-12)15(17,18)19/h2-8H,1H3,(H3,20,21,22,23,24,25,26). The molecule has 0 aliphatic heterocycles. The highest BCUT2D eigenvalue weighted by atomic mass is 19.4. The monoisotopic (exact) mass is 367 g/mol. The molecule has 0 bridgehead atoms. The highest BCUT2D eigenvalue weighted by molar-refractivity contribution is 5.49. The van der Waals surface area contributed by atoms with Crippen molar-refractivity contribution in [3.8, 4) is 0 Å². The van der Waals surface area contributed by atoms with Crippen LogP contribution >= 0.6 is 0 Å². The van der Waals surface area contributed by atoms with E-state index in [-0.39, 0.29) is 29.6 Å². The normalized spacial score (nSPS) is 12.7. The van der Waals surface area contributed by atoms with Crippen molar-refractivity contribution in [3.63, 3.8) is 0 Å². The quantitative estimate of drug-likeness (QED) is 0.596.